The molecule has 0 amide bonds. The molecule has 24 heavy (non-hydrogen) atoms. The highest BCUT2D eigenvalue weighted by Gasteiger charge is 2.11. The molecule has 124 valence electrons. The van der Waals surface area contributed by atoms with Gasteiger partial charge in [0.05, 0.1) is 0 Å². The molecule has 0 spiro atoms. The fraction of sp³-hybridized carbons (Fsp3) is 0.333. The smallest absolute Gasteiger partial charge is 0.0464 e. The van der Waals surface area contributed by atoms with E-state index in [1.54, 1.807) is 0 Å². The molecule has 1 fully saturated rings. The van der Waals surface area contributed by atoms with Crippen LogP contribution in [0.15, 0.2) is 48.5 Å². The van der Waals surface area contributed by atoms with Gasteiger partial charge in [0.2, 0.25) is 0 Å². The van der Waals surface area contributed by atoms with Gasteiger partial charge in [-0.3, -0.25) is 4.90 Å². The van der Waals surface area contributed by atoms with Crippen LogP contribution in [0.5, 0.6) is 0 Å². The first-order chi connectivity index (χ1) is 11.8. The van der Waals surface area contributed by atoms with E-state index < -0.39 is 0 Å². The highest BCUT2D eigenvalue weighted by molar-refractivity contribution is 5.86. The number of rotatable bonds is 4. The van der Waals surface area contributed by atoms with Crippen LogP contribution in [0, 0.1) is 0 Å². The number of benzene rings is 2. The van der Waals surface area contributed by atoms with E-state index in [0.717, 1.165) is 6.54 Å². The minimum atomic E-state index is 0.585. The van der Waals surface area contributed by atoms with Crippen molar-refractivity contribution >= 4 is 10.9 Å². The number of aromatic amines is 1. The summed E-state index contributed by atoms with van der Waals surface area (Å²) in [5.41, 5.74) is 11.9. The fourth-order valence-electron chi connectivity index (χ4n) is 3.68. The minimum absolute atomic E-state index is 0.585. The Bertz CT molecular complexity index is 828. The molecule has 1 aliphatic rings. The summed E-state index contributed by atoms with van der Waals surface area (Å²) in [5.74, 6) is 0. The highest BCUT2D eigenvalue weighted by atomic mass is 15.1. The molecule has 4 rings (SSSR count). The van der Waals surface area contributed by atoms with Crippen molar-refractivity contribution in [3.05, 3.63) is 59.7 Å². The van der Waals surface area contributed by atoms with Crippen LogP contribution in [0.2, 0.25) is 0 Å². The lowest BCUT2D eigenvalue weighted by molar-refractivity contribution is 0.221. The van der Waals surface area contributed by atoms with E-state index >= 15 is 0 Å². The number of hydrogen-bond donors (Lipinski definition) is 2. The van der Waals surface area contributed by atoms with E-state index in [1.165, 1.54) is 65.6 Å². The fourth-order valence-corrected chi connectivity index (χ4v) is 3.68. The zero-order valence-electron chi connectivity index (χ0n) is 14.1. The van der Waals surface area contributed by atoms with Crippen LogP contribution in [-0.2, 0) is 13.1 Å². The van der Waals surface area contributed by atoms with Gasteiger partial charge >= 0.3 is 0 Å². The number of piperidine rings is 1. The third-order valence-corrected chi connectivity index (χ3v) is 5.01. The Kier molecular flexibility index (Phi) is 4.37. The second kappa shape index (κ2) is 6.80. The van der Waals surface area contributed by atoms with Gasteiger partial charge in [-0.15, -0.1) is 0 Å². The molecule has 2 aromatic carbocycles. The Morgan fingerprint density at radius 3 is 2.62 bits per heavy atom. The lowest BCUT2D eigenvalue weighted by Gasteiger charge is -2.26. The number of nitrogens with one attached hydrogen (secondary N) is 1. The Morgan fingerprint density at radius 1 is 0.917 bits per heavy atom. The number of nitrogens with zero attached hydrogens (tertiary/aromatic N) is 1. The number of hydrogen-bond acceptors (Lipinski definition) is 2. The molecule has 3 nitrogen and oxygen atoms in total. The summed E-state index contributed by atoms with van der Waals surface area (Å²) >= 11 is 0. The summed E-state index contributed by atoms with van der Waals surface area (Å²) in [6.07, 6.45) is 4.06. The van der Waals surface area contributed by atoms with E-state index in [0.29, 0.717) is 6.54 Å². The average Bonchev–Trinajstić information content (AvgIpc) is 3.06. The first-order valence-corrected chi connectivity index (χ1v) is 8.95. The Balaban J connectivity index is 1.60. The maximum atomic E-state index is 5.75. The van der Waals surface area contributed by atoms with Crippen molar-refractivity contribution in [2.45, 2.75) is 32.4 Å². The van der Waals surface area contributed by atoms with Gasteiger partial charge in [0, 0.05) is 29.7 Å². The molecule has 0 radical (unpaired) electrons. The molecule has 0 bridgehead atoms. The van der Waals surface area contributed by atoms with Gasteiger partial charge in [-0.05, 0) is 66.9 Å². The van der Waals surface area contributed by atoms with E-state index in [1.807, 2.05) is 0 Å². The molecule has 1 aromatic heterocycles. The van der Waals surface area contributed by atoms with E-state index in [4.69, 9.17) is 5.73 Å². The van der Waals surface area contributed by atoms with Gasteiger partial charge in [0.15, 0.2) is 0 Å². The summed E-state index contributed by atoms with van der Waals surface area (Å²) in [5, 5.41) is 1.23. The molecule has 1 aliphatic heterocycles. The van der Waals surface area contributed by atoms with Crippen LogP contribution in [0.1, 0.15) is 30.4 Å². The Hall–Kier alpha value is -2.10. The number of nitrogens with two attached hydrogens (primary N) is 1. The van der Waals surface area contributed by atoms with Gasteiger partial charge in [-0.1, -0.05) is 30.7 Å². The maximum Gasteiger partial charge on any atom is 0.0464 e. The minimum Gasteiger partial charge on any atom is -0.355 e. The topological polar surface area (TPSA) is 45.1 Å². The van der Waals surface area contributed by atoms with Crippen molar-refractivity contribution in [2.75, 3.05) is 13.1 Å². The summed E-state index contributed by atoms with van der Waals surface area (Å²) in [6.45, 7) is 4.12. The van der Waals surface area contributed by atoms with Crippen LogP contribution in [0.25, 0.3) is 22.2 Å². The molecule has 0 aliphatic carbocycles. The highest BCUT2D eigenvalue weighted by Crippen LogP contribution is 2.26. The molecule has 2 heterocycles. The van der Waals surface area contributed by atoms with E-state index in [9.17, 15) is 0 Å². The van der Waals surface area contributed by atoms with Crippen LogP contribution in [-0.4, -0.2) is 23.0 Å². The molecule has 1 saturated heterocycles. The van der Waals surface area contributed by atoms with Gasteiger partial charge < -0.3 is 10.7 Å². The summed E-state index contributed by atoms with van der Waals surface area (Å²) in [7, 11) is 0. The second-order valence-corrected chi connectivity index (χ2v) is 6.85. The molecule has 0 unspecified atom stereocenters. The number of aromatic nitrogens is 1. The van der Waals surface area contributed by atoms with Crippen LogP contribution in [0.3, 0.4) is 0 Å². The van der Waals surface area contributed by atoms with Crippen LogP contribution in [0.4, 0.5) is 0 Å². The molecular formula is C21H25N3. The van der Waals surface area contributed by atoms with Crippen LogP contribution < -0.4 is 5.73 Å². The summed E-state index contributed by atoms with van der Waals surface area (Å²) < 4.78 is 0. The van der Waals surface area contributed by atoms with Crippen molar-refractivity contribution in [3.8, 4) is 11.3 Å². The normalized spacial score (nSPS) is 15.9. The Morgan fingerprint density at radius 2 is 1.79 bits per heavy atom. The molecule has 3 aromatic rings. The SMILES string of the molecule is NCc1ccc2[nH]c(-c3cccc(CN4CCCCC4)c3)cc2c1. The summed E-state index contributed by atoms with van der Waals surface area (Å²) in [6, 6.07) is 17.5. The van der Waals surface area contributed by atoms with Crippen molar-refractivity contribution < 1.29 is 0 Å². The zero-order valence-corrected chi connectivity index (χ0v) is 14.1. The van der Waals surface area contributed by atoms with Crippen molar-refractivity contribution in [1.82, 2.24) is 9.88 Å². The third-order valence-electron chi connectivity index (χ3n) is 5.01. The Labute approximate surface area is 143 Å². The quantitative estimate of drug-likeness (QED) is 0.754. The van der Waals surface area contributed by atoms with E-state index in [-0.39, 0.29) is 0 Å². The van der Waals surface area contributed by atoms with Gasteiger partial charge in [-0.25, -0.2) is 0 Å². The third kappa shape index (κ3) is 3.23. The average molecular weight is 319 g/mol. The predicted octanol–water partition coefficient (Wildman–Crippen LogP) is 4.28. The first-order valence-electron chi connectivity index (χ1n) is 8.95. The first kappa shape index (κ1) is 15.4. The maximum absolute atomic E-state index is 5.75. The van der Waals surface area contributed by atoms with Crippen LogP contribution >= 0.6 is 0 Å². The van der Waals surface area contributed by atoms with Crippen molar-refractivity contribution in [3.63, 3.8) is 0 Å². The molecule has 3 heteroatoms. The molecule has 3 N–H and O–H groups in total. The lowest BCUT2D eigenvalue weighted by Crippen LogP contribution is -2.29. The number of H-pyrrole nitrogens is 1. The van der Waals surface area contributed by atoms with Gasteiger partial charge in [0.25, 0.3) is 0 Å². The molecular weight excluding hydrogens is 294 g/mol. The van der Waals surface area contributed by atoms with Crippen molar-refractivity contribution in [1.29, 1.82) is 0 Å². The van der Waals surface area contributed by atoms with Crippen molar-refractivity contribution in [2.24, 2.45) is 5.73 Å². The lowest BCUT2D eigenvalue weighted by atomic mass is 10.1. The number of likely N-dealkylation sites (tertiary alicyclic amines) is 1. The van der Waals surface area contributed by atoms with Gasteiger partial charge in [-0.2, -0.15) is 0 Å². The predicted molar refractivity (Wildman–Crippen MR) is 101 cm³/mol. The monoisotopic (exact) mass is 319 g/mol. The molecule has 0 atom stereocenters. The number of fused-ring (bicyclic) bond motifs is 1. The second-order valence-electron chi connectivity index (χ2n) is 6.85. The van der Waals surface area contributed by atoms with Gasteiger partial charge in [0.1, 0.15) is 0 Å². The molecule has 0 saturated carbocycles. The zero-order chi connectivity index (χ0) is 16.4. The standard InChI is InChI=1S/C21H25N3/c22-14-16-7-8-20-19(11-16)13-21(23-20)18-6-4-5-17(12-18)15-24-9-2-1-3-10-24/h4-8,11-13,23H,1-3,9-10,14-15,22H2. The summed E-state index contributed by atoms with van der Waals surface area (Å²) in [4.78, 5) is 6.11. The largest absolute Gasteiger partial charge is 0.355 e. The van der Waals surface area contributed by atoms with E-state index in [2.05, 4.69) is 58.4 Å².